The van der Waals surface area contributed by atoms with Gasteiger partial charge in [0.15, 0.2) is 5.76 Å². The van der Waals surface area contributed by atoms with Crippen molar-refractivity contribution in [3.8, 4) is 0 Å². The van der Waals surface area contributed by atoms with Crippen LogP contribution in [0.5, 0.6) is 0 Å². The molecular formula is C21H20N4O5. The van der Waals surface area contributed by atoms with Gasteiger partial charge in [-0.05, 0) is 38.0 Å². The molecule has 1 aromatic heterocycles. The minimum Gasteiger partial charge on any atom is -0.451 e. The zero-order valence-corrected chi connectivity index (χ0v) is 16.3. The molecule has 0 bridgehead atoms. The van der Waals surface area contributed by atoms with Gasteiger partial charge in [-0.3, -0.25) is 30.6 Å². The van der Waals surface area contributed by atoms with Gasteiger partial charge in [-0.2, -0.15) is 0 Å². The third-order valence-corrected chi connectivity index (χ3v) is 5.22. The summed E-state index contributed by atoms with van der Waals surface area (Å²) < 4.78 is 5.56. The van der Waals surface area contributed by atoms with Gasteiger partial charge in [0.2, 0.25) is 0 Å². The Labute approximate surface area is 171 Å². The Morgan fingerprint density at radius 1 is 1.07 bits per heavy atom. The van der Waals surface area contributed by atoms with Crippen LogP contribution in [0.1, 0.15) is 39.3 Å². The Morgan fingerprint density at radius 2 is 1.77 bits per heavy atom. The number of nitrogens with one attached hydrogen (secondary N) is 2. The first kappa shape index (κ1) is 19.4. The predicted octanol–water partition coefficient (Wildman–Crippen LogP) is 3.32. The Morgan fingerprint density at radius 3 is 2.47 bits per heavy atom. The van der Waals surface area contributed by atoms with Gasteiger partial charge in [-0.25, -0.2) is 0 Å². The van der Waals surface area contributed by atoms with Gasteiger partial charge in [-0.15, -0.1) is 0 Å². The number of anilines is 1. The van der Waals surface area contributed by atoms with Crippen LogP contribution >= 0.6 is 0 Å². The first-order valence-electron chi connectivity index (χ1n) is 9.58. The molecule has 0 spiro atoms. The molecule has 2 N–H and O–H groups in total. The van der Waals surface area contributed by atoms with Crippen LogP contribution in [-0.4, -0.2) is 29.8 Å². The molecule has 2 heterocycles. The van der Waals surface area contributed by atoms with Gasteiger partial charge in [0.05, 0.1) is 4.92 Å². The number of rotatable bonds is 4. The number of furan rings is 1. The number of para-hydroxylation sites is 1. The molecule has 0 unspecified atom stereocenters. The number of hydrazine groups is 1. The fourth-order valence-electron chi connectivity index (χ4n) is 3.67. The summed E-state index contributed by atoms with van der Waals surface area (Å²) in [4.78, 5) is 37.8. The molecule has 3 aromatic rings. The molecule has 9 heteroatoms. The maximum atomic E-state index is 12.5. The van der Waals surface area contributed by atoms with Crippen molar-refractivity contribution in [2.45, 2.75) is 19.8 Å². The molecule has 30 heavy (non-hydrogen) atoms. The fourth-order valence-corrected chi connectivity index (χ4v) is 3.67. The summed E-state index contributed by atoms with van der Waals surface area (Å²) in [5, 5.41) is 12.3. The zero-order chi connectivity index (χ0) is 21.3. The largest absolute Gasteiger partial charge is 0.451 e. The fraction of sp³-hybridized carbons (Fsp3) is 0.238. The van der Waals surface area contributed by atoms with Crippen LogP contribution in [0.15, 0.2) is 46.9 Å². The molecule has 0 aliphatic carbocycles. The molecule has 2 aromatic carbocycles. The van der Waals surface area contributed by atoms with Crippen molar-refractivity contribution in [2.75, 3.05) is 18.0 Å². The number of benzene rings is 2. The quantitative estimate of drug-likeness (QED) is 0.505. The van der Waals surface area contributed by atoms with Crippen molar-refractivity contribution >= 4 is 34.2 Å². The van der Waals surface area contributed by atoms with Crippen molar-refractivity contribution in [1.82, 2.24) is 10.9 Å². The number of carbonyl (C=O) groups excluding carboxylic acids is 2. The second kappa shape index (κ2) is 7.86. The van der Waals surface area contributed by atoms with Gasteiger partial charge in [0.1, 0.15) is 11.3 Å². The molecule has 1 aliphatic rings. The molecule has 0 saturated carbocycles. The van der Waals surface area contributed by atoms with Crippen LogP contribution in [0.4, 0.5) is 11.4 Å². The van der Waals surface area contributed by atoms with Crippen molar-refractivity contribution < 1.29 is 18.9 Å². The molecule has 4 rings (SSSR count). The highest BCUT2D eigenvalue weighted by Crippen LogP contribution is 2.31. The van der Waals surface area contributed by atoms with Crippen LogP contribution in [0.25, 0.3) is 11.0 Å². The van der Waals surface area contributed by atoms with E-state index in [1.165, 1.54) is 12.1 Å². The SMILES string of the molecule is Cc1c(C(=O)NNC(=O)c2ccc(N3CCCC3)c([N+](=O)[O-])c2)oc2ccccc12. The van der Waals surface area contributed by atoms with Gasteiger partial charge in [0.25, 0.3) is 11.6 Å². The summed E-state index contributed by atoms with van der Waals surface area (Å²) >= 11 is 0. The average molecular weight is 408 g/mol. The van der Waals surface area contributed by atoms with Crippen LogP contribution in [0.2, 0.25) is 0 Å². The van der Waals surface area contributed by atoms with Crippen LogP contribution in [0, 0.1) is 17.0 Å². The maximum Gasteiger partial charge on any atom is 0.305 e. The number of nitro groups is 1. The van der Waals surface area contributed by atoms with Gasteiger partial charge >= 0.3 is 5.91 Å². The summed E-state index contributed by atoms with van der Waals surface area (Å²) in [5.41, 5.74) is 6.26. The van der Waals surface area contributed by atoms with E-state index < -0.39 is 16.7 Å². The van der Waals surface area contributed by atoms with Gasteiger partial charge < -0.3 is 9.32 Å². The van der Waals surface area contributed by atoms with E-state index in [0.29, 0.717) is 16.8 Å². The normalized spacial score (nSPS) is 13.4. The van der Waals surface area contributed by atoms with Crippen molar-refractivity contribution in [2.24, 2.45) is 0 Å². The molecular weight excluding hydrogens is 388 g/mol. The highest BCUT2D eigenvalue weighted by molar-refractivity contribution is 6.01. The lowest BCUT2D eigenvalue weighted by Crippen LogP contribution is -2.41. The third kappa shape index (κ3) is 3.57. The average Bonchev–Trinajstić information content (AvgIpc) is 3.40. The topological polar surface area (TPSA) is 118 Å². The van der Waals surface area contributed by atoms with Crippen molar-refractivity contribution in [1.29, 1.82) is 0 Å². The van der Waals surface area contributed by atoms with E-state index in [4.69, 9.17) is 4.42 Å². The van der Waals surface area contributed by atoms with Gasteiger partial charge in [-0.1, -0.05) is 18.2 Å². The summed E-state index contributed by atoms with van der Waals surface area (Å²) in [6.45, 7) is 3.25. The number of carbonyl (C=O) groups is 2. The Hall–Kier alpha value is -3.88. The second-order valence-electron chi connectivity index (χ2n) is 7.12. The number of hydrogen-bond donors (Lipinski definition) is 2. The first-order valence-corrected chi connectivity index (χ1v) is 9.58. The molecule has 1 saturated heterocycles. The number of amides is 2. The maximum absolute atomic E-state index is 12.5. The van der Waals surface area contributed by atoms with E-state index in [1.54, 1.807) is 25.1 Å². The monoisotopic (exact) mass is 408 g/mol. The number of hydrogen-bond acceptors (Lipinski definition) is 6. The molecule has 2 amide bonds. The first-order chi connectivity index (χ1) is 14.5. The predicted molar refractivity (Wildman–Crippen MR) is 110 cm³/mol. The highest BCUT2D eigenvalue weighted by Gasteiger charge is 2.24. The number of aryl methyl sites for hydroxylation is 1. The summed E-state index contributed by atoms with van der Waals surface area (Å²) in [5.74, 6) is -1.18. The highest BCUT2D eigenvalue weighted by atomic mass is 16.6. The number of fused-ring (bicyclic) bond motifs is 1. The lowest BCUT2D eigenvalue weighted by atomic mass is 10.1. The van der Waals surface area contributed by atoms with E-state index in [-0.39, 0.29) is 17.0 Å². The summed E-state index contributed by atoms with van der Waals surface area (Å²) in [6, 6.07) is 11.5. The van der Waals surface area contributed by atoms with Crippen LogP contribution in [0.3, 0.4) is 0 Å². The Bertz CT molecular complexity index is 1150. The molecule has 9 nitrogen and oxygen atoms in total. The minimum absolute atomic E-state index is 0.0753. The number of nitrogens with zero attached hydrogens (tertiary/aromatic N) is 2. The second-order valence-corrected chi connectivity index (χ2v) is 7.12. The van der Waals surface area contributed by atoms with E-state index in [0.717, 1.165) is 31.3 Å². The summed E-state index contributed by atoms with van der Waals surface area (Å²) in [7, 11) is 0. The van der Waals surface area contributed by atoms with E-state index in [9.17, 15) is 19.7 Å². The van der Waals surface area contributed by atoms with E-state index in [2.05, 4.69) is 10.9 Å². The van der Waals surface area contributed by atoms with Gasteiger partial charge in [0, 0.05) is 35.7 Å². The third-order valence-electron chi connectivity index (χ3n) is 5.22. The Balaban J connectivity index is 1.49. The van der Waals surface area contributed by atoms with Crippen molar-refractivity contribution in [3.63, 3.8) is 0 Å². The standard InChI is InChI=1S/C21H20N4O5/c1-13-15-6-2-3-7-18(15)30-19(13)21(27)23-22-20(26)14-8-9-16(17(12-14)25(28)29)24-10-4-5-11-24/h2-3,6-9,12H,4-5,10-11H2,1H3,(H,22,26)(H,23,27). The van der Waals surface area contributed by atoms with Crippen LogP contribution < -0.4 is 15.8 Å². The minimum atomic E-state index is -0.659. The molecule has 1 fully saturated rings. The summed E-state index contributed by atoms with van der Waals surface area (Å²) in [6.07, 6.45) is 1.96. The lowest BCUT2D eigenvalue weighted by molar-refractivity contribution is -0.384. The molecule has 1 aliphatic heterocycles. The lowest BCUT2D eigenvalue weighted by Gasteiger charge is -2.17. The van der Waals surface area contributed by atoms with E-state index >= 15 is 0 Å². The molecule has 0 radical (unpaired) electrons. The van der Waals surface area contributed by atoms with Crippen LogP contribution in [-0.2, 0) is 0 Å². The zero-order valence-electron chi connectivity index (χ0n) is 16.3. The number of nitro benzene ring substituents is 1. The Kier molecular flexibility index (Phi) is 5.09. The smallest absolute Gasteiger partial charge is 0.305 e. The molecule has 154 valence electrons. The van der Waals surface area contributed by atoms with E-state index in [1.807, 2.05) is 17.0 Å². The molecule has 0 atom stereocenters. The van der Waals surface area contributed by atoms with Crippen molar-refractivity contribution in [3.05, 3.63) is 69.5 Å².